The highest BCUT2D eigenvalue weighted by atomic mass is 35.5. The zero-order valence-corrected chi connectivity index (χ0v) is 15.7. The van der Waals surface area contributed by atoms with Gasteiger partial charge in [-0.3, -0.25) is 14.9 Å². The quantitative estimate of drug-likeness (QED) is 0.731. The van der Waals surface area contributed by atoms with E-state index in [-0.39, 0.29) is 47.2 Å². The summed E-state index contributed by atoms with van der Waals surface area (Å²) in [4.78, 5) is 26.2. The van der Waals surface area contributed by atoms with E-state index in [1.54, 1.807) is 0 Å². The minimum Gasteiger partial charge on any atom is -0.323 e. The lowest BCUT2D eigenvalue weighted by Crippen LogP contribution is -2.59. The lowest BCUT2D eigenvalue weighted by molar-refractivity contribution is -0.144. The summed E-state index contributed by atoms with van der Waals surface area (Å²) in [5, 5.41) is 5.48. The lowest BCUT2D eigenvalue weighted by atomic mass is 9.82. The molecule has 27 heavy (non-hydrogen) atoms. The number of amides is 2. The molecule has 1 heterocycles. The maximum absolute atomic E-state index is 12.8. The minimum atomic E-state index is -4.55. The van der Waals surface area contributed by atoms with Crippen molar-refractivity contribution in [2.45, 2.75) is 36.9 Å². The Morgan fingerprint density at radius 2 is 2.07 bits per heavy atom. The molecule has 1 aromatic carbocycles. The van der Waals surface area contributed by atoms with E-state index in [4.69, 9.17) is 23.2 Å². The molecule has 0 spiro atoms. The van der Waals surface area contributed by atoms with Gasteiger partial charge < -0.3 is 10.2 Å². The smallest absolute Gasteiger partial charge is 0.323 e. The number of rotatable bonds is 3. The number of alkyl halides is 4. The third-order valence-electron chi connectivity index (χ3n) is 4.86. The summed E-state index contributed by atoms with van der Waals surface area (Å²) in [6.07, 6.45) is -2.39. The lowest BCUT2D eigenvalue weighted by Gasteiger charge is -2.42. The number of fused-ring (bicyclic) bond motifs is 1. The topological polar surface area (TPSA) is 61.4 Å². The first-order chi connectivity index (χ1) is 12.6. The standard InChI is InChI=1S/C17H18Cl2F3N3O2/c18-10-2-4-13-11(6-10)16(27)25(8-23-13)7-15(26)24-14-5-9(17(20,21)22)1-3-12(14)19/h1,3,5,10-11,13,23H,2,4,6-8H2,(H,24,26). The first kappa shape index (κ1) is 20.2. The highest BCUT2D eigenvalue weighted by Gasteiger charge is 2.40. The van der Waals surface area contributed by atoms with Gasteiger partial charge in [-0.25, -0.2) is 0 Å². The Kier molecular flexibility index (Phi) is 5.88. The van der Waals surface area contributed by atoms with Gasteiger partial charge in [-0.05, 0) is 37.5 Å². The molecule has 2 amide bonds. The van der Waals surface area contributed by atoms with E-state index >= 15 is 0 Å². The minimum absolute atomic E-state index is 0.0169. The van der Waals surface area contributed by atoms with Crippen LogP contribution in [0.25, 0.3) is 0 Å². The van der Waals surface area contributed by atoms with Crippen molar-refractivity contribution in [1.29, 1.82) is 0 Å². The van der Waals surface area contributed by atoms with Crippen molar-refractivity contribution in [3.63, 3.8) is 0 Å². The van der Waals surface area contributed by atoms with E-state index in [1.165, 1.54) is 4.90 Å². The number of halogens is 5. The number of nitrogens with one attached hydrogen (secondary N) is 2. The summed E-state index contributed by atoms with van der Waals surface area (Å²) in [6.45, 7) is -0.0781. The molecule has 1 aliphatic heterocycles. The molecule has 2 fully saturated rings. The number of carbonyl (C=O) groups excluding carboxylic acids is 2. The molecule has 2 N–H and O–H groups in total. The van der Waals surface area contributed by atoms with Gasteiger partial charge in [0.1, 0.15) is 6.54 Å². The van der Waals surface area contributed by atoms with Gasteiger partial charge in [0.05, 0.1) is 28.9 Å². The van der Waals surface area contributed by atoms with Gasteiger partial charge in [0, 0.05) is 11.4 Å². The van der Waals surface area contributed by atoms with Crippen LogP contribution in [0, 0.1) is 5.92 Å². The summed E-state index contributed by atoms with van der Waals surface area (Å²) >= 11 is 12.0. The Hall–Kier alpha value is -1.51. The van der Waals surface area contributed by atoms with Crippen molar-refractivity contribution < 1.29 is 22.8 Å². The second-order valence-electron chi connectivity index (χ2n) is 6.76. The van der Waals surface area contributed by atoms with Crippen LogP contribution in [-0.4, -0.2) is 41.3 Å². The van der Waals surface area contributed by atoms with Crippen LogP contribution < -0.4 is 10.6 Å². The molecular formula is C17H18Cl2F3N3O2. The van der Waals surface area contributed by atoms with Crippen LogP contribution in [0.4, 0.5) is 18.9 Å². The molecule has 1 aromatic rings. The van der Waals surface area contributed by atoms with Crippen LogP contribution >= 0.6 is 23.2 Å². The third-order valence-corrected chi connectivity index (χ3v) is 5.59. The Bertz CT molecular complexity index is 745. The Labute approximate surface area is 164 Å². The highest BCUT2D eigenvalue weighted by molar-refractivity contribution is 6.33. The molecule has 3 atom stereocenters. The van der Waals surface area contributed by atoms with Crippen molar-refractivity contribution in [3.05, 3.63) is 28.8 Å². The largest absolute Gasteiger partial charge is 0.416 e. The van der Waals surface area contributed by atoms with Crippen molar-refractivity contribution in [3.8, 4) is 0 Å². The normalized spacial score (nSPS) is 25.9. The van der Waals surface area contributed by atoms with Crippen LogP contribution in [-0.2, 0) is 15.8 Å². The average Bonchev–Trinajstić information content (AvgIpc) is 2.59. The van der Waals surface area contributed by atoms with E-state index < -0.39 is 17.6 Å². The van der Waals surface area contributed by atoms with Gasteiger partial charge in [-0.15, -0.1) is 11.6 Å². The summed E-state index contributed by atoms with van der Waals surface area (Å²) in [6, 6.07) is 2.72. The first-order valence-corrected chi connectivity index (χ1v) is 9.29. The summed E-state index contributed by atoms with van der Waals surface area (Å²) < 4.78 is 38.5. The molecule has 5 nitrogen and oxygen atoms in total. The maximum atomic E-state index is 12.8. The van der Waals surface area contributed by atoms with Gasteiger partial charge in [0.25, 0.3) is 0 Å². The van der Waals surface area contributed by atoms with E-state index in [0.29, 0.717) is 6.42 Å². The average molecular weight is 424 g/mol. The molecule has 1 aliphatic carbocycles. The van der Waals surface area contributed by atoms with Gasteiger partial charge in [0.2, 0.25) is 11.8 Å². The zero-order valence-electron chi connectivity index (χ0n) is 14.2. The molecule has 2 aliphatic rings. The molecule has 0 aromatic heterocycles. The molecule has 148 valence electrons. The molecule has 3 unspecified atom stereocenters. The van der Waals surface area contributed by atoms with Crippen LogP contribution in [0.1, 0.15) is 24.8 Å². The number of carbonyl (C=O) groups is 2. The first-order valence-electron chi connectivity index (χ1n) is 8.48. The number of hydrogen-bond acceptors (Lipinski definition) is 3. The summed E-state index contributed by atoms with van der Waals surface area (Å²) in [5.74, 6) is -1.09. The number of nitrogens with zero attached hydrogens (tertiary/aromatic N) is 1. The summed E-state index contributed by atoms with van der Waals surface area (Å²) in [7, 11) is 0. The van der Waals surface area contributed by atoms with Crippen molar-refractivity contribution in [2.24, 2.45) is 5.92 Å². The van der Waals surface area contributed by atoms with E-state index in [0.717, 1.165) is 31.0 Å². The Morgan fingerprint density at radius 3 is 2.78 bits per heavy atom. The SMILES string of the molecule is O=C(CN1CNC2CCC(Cl)CC2C1=O)Nc1cc(C(F)(F)F)ccc1Cl. The zero-order chi connectivity index (χ0) is 19.8. The highest BCUT2D eigenvalue weighted by Crippen LogP contribution is 2.34. The monoisotopic (exact) mass is 423 g/mol. The summed E-state index contributed by atoms with van der Waals surface area (Å²) in [5.41, 5.74) is -1.07. The molecule has 10 heteroatoms. The Morgan fingerprint density at radius 1 is 1.33 bits per heavy atom. The predicted molar refractivity (Wildman–Crippen MR) is 95.6 cm³/mol. The van der Waals surface area contributed by atoms with Crippen LogP contribution in [0.15, 0.2) is 18.2 Å². The van der Waals surface area contributed by atoms with Crippen molar-refractivity contribution in [2.75, 3.05) is 18.5 Å². The third kappa shape index (κ3) is 4.67. The molecule has 1 saturated carbocycles. The number of anilines is 1. The molecule has 0 bridgehead atoms. The Balaban J connectivity index is 1.65. The fourth-order valence-electron chi connectivity index (χ4n) is 3.47. The molecule has 1 saturated heterocycles. The maximum Gasteiger partial charge on any atom is 0.416 e. The van der Waals surface area contributed by atoms with Gasteiger partial charge >= 0.3 is 6.18 Å². The number of benzene rings is 1. The van der Waals surface area contributed by atoms with Gasteiger partial charge in [-0.2, -0.15) is 13.2 Å². The van der Waals surface area contributed by atoms with E-state index in [2.05, 4.69) is 10.6 Å². The van der Waals surface area contributed by atoms with Crippen LogP contribution in [0.5, 0.6) is 0 Å². The van der Waals surface area contributed by atoms with E-state index in [9.17, 15) is 22.8 Å². The molecule has 3 rings (SSSR count). The fourth-order valence-corrected chi connectivity index (χ4v) is 3.95. The number of hydrogen-bond donors (Lipinski definition) is 2. The predicted octanol–water partition coefficient (Wildman–Crippen LogP) is 3.46. The molecular weight excluding hydrogens is 406 g/mol. The second kappa shape index (κ2) is 7.85. The van der Waals surface area contributed by atoms with E-state index in [1.807, 2.05) is 0 Å². The fraction of sp³-hybridized carbons (Fsp3) is 0.529. The van der Waals surface area contributed by atoms with Crippen LogP contribution in [0.2, 0.25) is 5.02 Å². The molecule has 0 radical (unpaired) electrons. The second-order valence-corrected chi connectivity index (χ2v) is 7.79. The van der Waals surface area contributed by atoms with Crippen molar-refractivity contribution >= 4 is 40.7 Å². The van der Waals surface area contributed by atoms with Gasteiger partial charge in [-0.1, -0.05) is 11.6 Å². The van der Waals surface area contributed by atoms with Crippen molar-refractivity contribution in [1.82, 2.24) is 10.2 Å². The van der Waals surface area contributed by atoms with Crippen LogP contribution in [0.3, 0.4) is 0 Å². The van der Waals surface area contributed by atoms with Gasteiger partial charge in [0.15, 0.2) is 0 Å².